The lowest BCUT2D eigenvalue weighted by molar-refractivity contribution is -0.166. The van der Waals surface area contributed by atoms with Crippen LogP contribution in [0, 0.1) is 11.8 Å². The number of carbonyl (C=O) groups is 1. The highest BCUT2D eigenvalue weighted by Crippen LogP contribution is 2.28. The minimum atomic E-state index is -4.40. The van der Waals surface area contributed by atoms with E-state index in [1.807, 2.05) is 0 Å². The van der Waals surface area contributed by atoms with E-state index in [9.17, 15) is 18.0 Å². The van der Waals surface area contributed by atoms with Crippen LogP contribution in [0.2, 0.25) is 0 Å². The number of halogens is 3. The molecule has 0 amide bonds. The Hall–Kier alpha value is -0.740. The first-order valence-corrected chi connectivity index (χ1v) is 3.53. The van der Waals surface area contributed by atoms with E-state index < -0.39 is 30.4 Å². The molecule has 0 aliphatic carbocycles. The van der Waals surface area contributed by atoms with Crippen molar-refractivity contribution in [2.45, 2.75) is 26.4 Å². The largest absolute Gasteiger partial charge is 0.481 e. The molecule has 1 atom stereocenters. The summed E-state index contributed by atoms with van der Waals surface area (Å²) in [6.45, 7) is 2.93. The predicted octanol–water partition coefficient (Wildman–Crippen LogP) is 2.30. The van der Waals surface area contributed by atoms with Crippen molar-refractivity contribution < 1.29 is 23.1 Å². The highest BCUT2D eigenvalue weighted by Gasteiger charge is 2.36. The lowest BCUT2D eigenvalue weighted by Crippen LogP contribution is -2.26. The van der Waals surface area contributed by atoms with Gasteiger partial charge in [-0.05, 0) is 5.92 Å². The fraction of sp³-hybridized carbons (Fsp3) is 0.857. The first kappa shape index (κ1) is 11.3. The first-order chi connectivity index (χ1) is 5.24. The van der Waals surface area contributed by atoms with E-state index >= 15 is 0 Å². The van der Waals surface area contributed by atoms with Crippen LogP contribution in [0.5, 0.6) is 0 Å². The molecule has 0 aliphatic rings. The summed E-state index contributed by atoms with van der Waals surface area (Å²) in [4.78, 5) is 10.3. The average molecular weight is 184 g/mol. The zero-order valence-corrected chi connectivity index (χ0v) is 6.85. The van der Waals surface area contributed by atoms with Crippen LogP contribution in [-0.4, -0.2) is 17.3 Å². The van der Waals surface area contributed by atoms with Crippen molar-refractivity contribution in [2.75, 3.05) is 0 Å². The van der Waals surface area contributed by atoms with Gasteiger partial charge >= 0.3 is 12.1 Å². The summed E-state index contributed by atoms with van der Waals surface area (Å²) in [5.74, 6) is -3.21. The molecule has 0 rings (SSSR count). The minimum Gasteiger partial charge on any atom is -0.481 e. The van der Waals surface area contributed by atoms with Gasteiger partial charge in [-0.25, -0.2) is 0 Å². The van der Waals surface area contributed by atoms with Crippen molar-refractivity contribution in [2.24, 2.45) is 11.8 Å². The fourth-order valence-electron chi connectivity index (χ4n) is 0.858. The normalized spacial score (nSPS) is 14.8. The van der Waals surface area contributed by atoms with Crippen molar-refractivity contribution in [3.63, 3.8) is 0 Å². The molecule has 0 aliphatic heterocycles. The summed E-state index contributed by atoms with van der Waals surface area (Å²) in [6, 6.07) is 0. The van der Waals surface area contributed by atoms with Gasteiger partial charge in [0.05, 0.1) is 12.3 Å². The second-order valence-corrected chi connectivity index (χ2v) is 3.01. The number of rotatable bonds is 3. The van der Waals surface area contributed by atoms with Gasteiger partial charge in [-0.2, -0.15) is 13.2 Å². The van der Waals surface area contributed by atoms with E-state index in [-0.39, 0.29) is 0 Å². The van der Waals surface area contributed by atoms with Gasteiger partial charge in [-0.3, -0.25) is 4.79 Å². The summed E-state index contributed by atoms with van der Waals surface area (Å²) >= 11 is 0. The van der Waals surface area contributed by atoms with E-state index in [2.05, 4.69) is 0 Å². The SMILES string of the molecule is CC(C)[C@H](CC(F)(F)F)C(=O)O. The summed E-state index contributed by atoms with van der Waals surface area (Å²) in [7, 11) is 0. The molecule has 1 N–H and O–H groups in total. The number of hydrogen-bond acceptors (Lipinski definition) is 1. The Morgan fingerprint density at radius 2 is 1.83 bits per heavy atom. The van der Waals surface area contributed by atoms with Crippen LogP contribution in [0.25, 0.3) is 0 Å². The number of alkyl halides is 3. The Morgan fingerprint density at radius 1 is 1.42 bits per heavy atom. The molecule has 72 valence electrons. The van der Waals surface area contributed by atoms with Crippen LogP contribution < -0.4 is 0 Å². The van der Waals surface area contributed by atoms with Gasteiger partial charge in [-0.1, -0.05) is 13.8 Å². The van der Waals surface area contributed by atoms with Gasteiger partial charge in [0.15, 0.2) is 0 Å². The summed E-state index contributed by atoms with van der Waals surface area (Å²) in [6.07, 6.45) is -5.65. The van der Waals surface area contributed by atoms with E-state index in [4.69, 9.17) is 5.11 Å². The lowest BCUT2D eigenvalue weighted by Gasteiger charge is -2.17. The van der Waals surface area contributed by atoms with Crippen molar-refractivity contribution in [1.29, 1.82) is 0 Å². The second kappa shape index (κ2) is 3.78. The molecular formula is C7H11F3O2. The third kappa shape index (κ3) is 4.20. The van der Waals surface area contributed by atoms with Crippen LogP contribution >= 0.6 is 0 Å². The van der Waals surface area contributed by atoms with Gasteiger partial charge in [0.1, 0.15) is 0 Å². The van der Waals surface area contributed by atoms with Crippen molar-refractivity contribution >= 4 is 5.97 Å². The van der Waals surface area contributed by atoms with Crippen LogP contribution in [0.15, 0.2) is 0 Å². The smallest absolute Gasteiger partial charge is 0.389 e. The zero-order chi connectivity index (χ0) is 9.94. The molecule has 2 nitrogen and oxygen atoms in total. The molecule has 0 heterocycles. The minimum absolute atomic E-state index is 0.496. The number of aliphatic carboxylic acids is 1. The van der Waals surface area contributed by atoms with E-state index in [0.717, 1.165) is 0 Å². The zero-order valence-electron chi connectivity index (χ0n) is 6.85. The van der Waals surface area contributed by atoms with E-state index in [0.29, 0.717) is 0 Å². The van der Waals surface area contributed by atoms with Crippen LogP contribution in [-0.2, 0) is 4.79 Å². The second-order valence-electron chi connectivity index (χ2n) is 3.01. The standard InChI is InChI=1S/C7H11F3O2/c1-4(2)5(6(11)12)3-7(8,9)10/h4-5H,3H2,1-2H3,(H,11,12)/t5-/m0/s1. The molecule has 0 saturated heterocycles. The summed E-state index contributed by atoms with van der Waals surface area (Å²) < 4.78 is 35.3. The summed E-state index contributed by atoms with van der Waals surface area (Å²) in [5, 5.41) is 8.41. The quantitative estimate of drug-likeness (QED) is 0.730. The maximum Gasteiger partial charge on any atom is 0.389 e. The van der Waals surface area contributed by atoms with Gasteiger partial charge in [-0.15, -0.1) is 0 Å². The maximum absolute atomic E-state index is 11.8. The number of carboxylic acids is 1. The van der Waals surface area contributed by atoms with Gasteiger partial charge < -0.3 is 5.11 Å². The molecule has 0 unspecified atom stereocenters. The third-order valence-corrected chi connectivity index (χ3v) is 1.57. The molecule has 0 spiro atoms. The van der Waals surface area contributed by atoms with Crippen LogP contribution in [0.1, 0.15) is 20.3 Å². The Kier molecular flexibility index (Phi) is 3.55. The molecule has 0 fully saturated rings. The molecule has 0 aromatic carbocycles. The molecule has 0 aromatic rings. The fourth-order valence-corrected chi connectivity index (χ4v) is 0.858. The third-order valence-electron chi connectivity index (χ3n) is 1.57. The Labute approximate surface area is 68.4 Å². The van der Waals surface area contributed by atoms with Crippen molar-refractivity contribution in [3.8, 4) is 0 Å². The Bertz CT molecular complexity index is 163. The highest BCUT2D eigenvalue weighted by molar-refractivity contribution is 5.70. The predicted molar refractivity (Wildman–Crippen MR) is 36.6 cm³/mol. The Balaban J connectivity index is 4.25. The van der Waals surface area contributed by atoms with Crippen LogP contribution in [0.4, 0.5) is 13.2 Å². The molecule has 0 bridgehead atoms. The van der Waals surface area contributed by atoms with E-state index in [1.54, 1.807) is 0 Å². The van der Waals surface area contributed by atoms with Crippen molar-refractivity contribution in [3.05, 3.63) is 0 Å². The summed E-state index contributed by atoms with van der Waals surface area (Å²) in [5.41, 5.74) is 0. The average Bonchev–Trinajstić information content (AvgIpc) is 1.79. The van der Waals surface area contributed by atoms with Gasteiger partial charge in [0.25, 0.3) is 0 Å². The van der Waals surface area contributed by atoms with E-state index in [1.165, 1.54) is 13.8 Å². The molecule has 5 heteroatoms. The topological polar surface area (TPSA) is 37.3 Å². The molecule has 0 aromatic heterocycles. The monoisotopic (exact) mass is 184 g/mol. The molecular weight excluding hydrogens is 173 g/mol. The lowest BCUT2D eigenvalue weighted by atomic mass is 9.92. The highest BCUT2D eigenvalue weighted by atomic mass is 19.4. The molecule has 0 radical (unpaired) electrons. The molecule has 0 saturated carbocycles. The number of hydrogen-bond donors (Lipinski definition) is 1. The number of carboxylic acid groups (broad SMARTS) is 1. The molecule has 12 heavy (non-hydrogen) atoms. The van der Waals surface area contributed by atoms with Gasteiger partial charge in [0, 0.05) is 0 Å². The van der Waals surface area contributed by atoms with Crippen LogP contribution in [0.3, 0.4) is 0 Å². The van der Waals surface area contributed by atoms with Crippen molar-refractivity contribution in [1.82, 2.24) is 0 Å². The maximum atomic E-state index is 11.8. The first-order valence-electron chi connectivity index (χ1n) is 3.53. The van der Waals surface area contributed by atoms with Gasteiger partial charge in [0.2, 0.25) is 0 Å². The Morgan fingerprint density at radius 3 is 1.92 bits per heavy atom.